The zero-order valence-corrected chi connectivity index (χ0v) is 11.7. The number of aromatic nitrogens is 1. The first-order chi connectivity index (χ1) is 8.94. The van der Waals surface area contributed by atoms with Crippen molar-refractivity contribution in [2.75, 3.05) is 6.61 Å². The number of hydrogen-bond donors (Lipinski definition) is 1. The van der Waals surface area contributed by atoms with Crippen LogP contribution in [-0.2, 0) is 19.6 Å². The molecule has 1 aliphatic rings. The summed E-state index contributed by atoms with van der Waals surface area (Å²) >= 11 is 5.62. The van der Waals surface area contributed by atoms with Gasteiger partial charge in [-0.25, -0.2) is 9.71 Å². The monoisotopic (exact) mass is 304 g/mol. The number of hydrogen-bond acceptors (Lipinski definition) is 5. The number of sulfonamides is 1. The van der Waals surface area contributed by atoms with Gasteiger partial charge in [-0.15, -0.1) is 0 Å². The second-order valence-corrected chi connectivity index (χ2v) is 6.19. The summed E-state index contributed by atoms with van der Waals surface area (Å²) < 4.78 is 31.0. The van der Waals surface area contributed by atoms with Gasteiger partial charge >= 0.3 is 0 Å². The van der Waals surface area contributed by atoms with Crippen LogP contribution in [0.1, 0.15) is 13.3 Å². The third-order valence-corrected chi connectivity index (χ3v) is 4.15. The molecule has 1 aromatic rings. The molecule has 1 saturated carbocycles. The first kappa shape index (κ1) is 14.2. The lowest BCUT2D eigenvalue weighted by atomic mass is 10.4. The molecule has 8 heteroatoms. The van der Waals surface area contributed by atoms with E-state index in [9.17, 15) is 13.2 Å². The number of rotatable bonds is 5. The number of carbonyl (C=O) groups excluding carboxylic acids is 1. The Hall–Kier alpha value is -1.18. The van der Waals surface area contributed by atoms with Gasteiger partial charge in [0.25, 0.3) is 10.0 Å². The molecule has 1 N–H and O–H groups in total. The number of carbonyl (C=O) groups is 1. The highest BCUT2D eigenvalue weighted by Gasteiger charge is 2.45. The number of halogens is 1. The highest BCUT2D eigenvalue weighted by Crippen LogP contribution is 2.34. The minimum absolute atomic E-state index is 0.182. The third-order valence-electron chi connectivity index (χ3n) is 2.66. The summed E-state index contributed by atoms with van der Waals surface area (Å²) in [6.45, 7) is 2.32. The van der Waals surface area contributed by atoms with Crippen molar-refractivity contribution in [1.29, 1.82) is 0 Å². The molecule has 104 valence electrons. The summed E-state index contributed by atoms with van der Waals surface area (Å²) in [4.78, 5) is 15.4. The second-order valence-electron chi connectivity index (χ2n) is 4.12. The Morgan fingerprint density at radius 2 is 2.32 bits per heavy atom. The lowest BCUT2D eigenvalue weighted by molar-refractivity contribution is -0.121. The summed E-state index contributed by atoms with van der Waals surface area (Å²) in [5.41, 5.74) is 0. The van der Waals surface area contributed by atoms with E-state index in [1.807, 2.05) is 11.6 Å². The largest absolute Gasteiger partial charge is 0.378 e. The zero-order valence-electron chi connectivity index (χ0n) is 10.2. The average Bonchev–Trinajstić information content (AvgIpc) is 3.09. The van der Waals surface area contributed by atoms with Crippen LogP contribution in [0.15, 0.2) is 23.4 Å². The van der Waals surface area contributed by atoms with Crippen molar-refractivity contribution in [1.82, 2.24) is 9.71 Å². The molecule has 1 fully saturated rings. The van der Waals surface area contributed by atoms with Gasteiger partial charge in [-0.2, -0.15) is 8.42 Å². The zero-order chi connectivity index (χ0) is 14.0. The van der Waals surface area contributed by atoms with E-state index < -0.39 is 21.8 Å². The van der Waals surface area contributed by atoms with Crippen LogP contribution in [0.3, 0.4) is 0 Å². The standard InChI is InChI=1S/C11H13ClN2O4S/c1-2-18-9-5-8(9)11(15)14-19(16,17)10-4-3-7(12)6-13-10/h3-4,6,8-9H,2,5H2,1H3,(H,14,15). The average molecular weight is 305 g/mol. The van der Waals surface area contributed by atoms with E-state index in [2.05, 4.69) is 4.98 Å². The van der Waals surface area contributed by atoms with Crippen molar-refractivity contribution >= 4 is 27.5 Å². The number of nitrogens with one attached hydrogen (secondary N) is 1. The van der Waals surface area contributed by atoms with Gasteiger partial charge in [-0.1, -0.05) is 11.6 Å². The molecular weight excluding hydrogens is 292 g/mol. The van der Waals surface area contributed by atoms with Crippen LogP contribution in [0.25, 0.3) is 0 Å². The molecular formula is C11H13ClN2O4S. The number of ether oxygens (including phenoxy) is 1. The molecule has 19 heavy (non-hydrogen) atoms. The summed E-state index contributed by atoms with van der Waals surface area (Å²) in [6.07, 6.45) is 1.57. The molecule has 1 aromatic heterocycles. The Labute approximate surface area is 116 Å². The highest BCUT2D eigenvalue weighted by molar-refractivity contribution is 7.90. The highest BCUT2D eigenvalue weighted by atomic mass is 35.5. The van der Waals surface area contributed by atoms with Crippen LogP contribution in [0.4, 0.5) is 0 Å². The van der Waals surface area contributed by atoms with E-state index in [1.165, 1.54) is 18.3 Å². The lowest BCUT2D eigenvalue weighted by Gasteiger charge is -2.06. The minimum Gasteiger partial charge on any atom is -0.378 e. The smallest absolute Gasteiger partial charge is 0.281 e. The quantitative estimate of drug-likeness (QED) is 0.876. The first-order valence-electron chi connectivity index (χ1n) is 5.74. The number of amides is 1. The van der Waals surface area contributed by atoms with E-state index in [1.54, 1.807) is 0 Å². The van der Waals surface area contributed by atoms with Crippen LogP contribution in [-0.4, -0.2) is 32.0 Å². The fraction of sp³-hybridized carbons (Fsp3) is 0.455. The van der Waals surface area contributed by atoms with Gasteiger partial charge in [-0.3, -0.25) is 4.79 Å². The summed E-state index contributed by atoms with van der Waals surface area (Å²) in [7, 11) is -3.94. The minimum atomic E-state index is -3.94. The van der Waals surface area contributed by atoms with Crippen molar-refractivity contribution in [2.24, 2.45) is 5.92 Å². The third kappa shape index (κ3) is 3.43. The molecule has 0 spiro atoms. The molecule has 1 amide bonds. The van der Waals surface area contributed by atoms with Crippen LogP contribution >= 0.6 is 11.6 Å². The second kappa shape index (κ2) is 5.44. The van der Waals surface area contributed by atoms with E-state index in [0.29, 0.717) is 18.1 Å². The fourth-order valence-electron chi connectivity index (χ4n) is 1.63. The topological polar surface area (TPSA) is 85.4 Å². The van der Waals surface area contributed by atoms with Gasteiger partial charge in [0.1, 0.15) is 0 Å². The van der Waals surface area contributed by atoms with E-state index in [4.69, 9.17) is 16.3 Å². The molecule has 0 saturated heterocycles. The summed E-state index contributed by atoms with van der Waals surface area (Å²) in [5.74, 6) is -0.961. The molecule has 2 rings (SSSR count). The Balaban J connectivity index is 2.02. The molecule has 0 aliphatic heterocycles. The van der Waals surface area contributed by atoms with E-state index in [0.717, 1.165) is 0 Å². The lowest BCUT2D eigenvalue weighted by Crippen LogP contribution is -2.33. The molecule has 1 heterocycles. The van der Waals surface area contributed by atoms with Gasteiger partial charge in [-0.05, 0) is 25.5 Å². The van der Waals surface area contributed by atoms with Crippen molar-refractivity contribution in [3.8, 4) is 0 Å². The Bertz CT molecular complexity index is 573. The normalized spacial score (nSPS) is 22.0. The van der Waals surface area contributed by atoms with Crippen LogP contribution < -0.4 is 4.72 Å². The maximum absolute atomic E-state index is 11.9. The Morgan fingerprint density at radius 1 is 1.58 bits per heavy atom. The van der Waals surface area contributed by atoms with E-state index in [-0.39, 0.29) is 11.1 Å². The summed E-state index contributed by atoms with van der Waals surface area (Å²) in [5, 5.41) is 0.0859. The Kier molecular flexibility index (Phi) is 4.07. The Morgan fingerprint density at radius 3 is 2.89 bits per heavy atom. The predicted octanol–water partition coefficient (Wildman–Crippen LogP) is 0.965. The first-order valence-corrected chi connectivity index (χ1v) is 7.60. The molecule has 2 unspecified atom stereocenters. The SMILES string of the molecule is CCOC1CC1C(=O)NS(=O)(=O)c1ccc(Cl)cn1. The van der Waals surface area contributed by atoms with Gasteiger partial charge in [0, 0.05) is 12.8 Å². The van der Waals surface area contributed by atoms with Crippen molar-refractivity contribution in [2.45, 2.75) is 24.5 Å². The fourth-order valence-corrected chi connectivity index (χ4v) is 2.70. The maximum Gasteiger partial charge on any atom is 0.281 e. The summed E-state index contributed by atoms with van der Waals surface area (Å²) in [6, 6.07) is 2.64. The van der Waals surface area contributed by atoms with Gasteiger partial charge < -0.3 is 4.74 Å². The maximum atomic E-state index is 11.9. The van der Waals surface area contributed by atoms with Crippen molar-refractivity contribution in [3.63, 3.8) is 0 Å². The van der Waals surface area contributed by atoms with Crippen LogP contribution in [0.2, 0.25) is 5.02 Å². The molecule has 1 aliphatic carbocycles. The van der Waals surface area contributed by atoms with Gasteiger partial charge in [0.2, 0.25) is 5.91 Å². The van der Waals surface area contributed by atoms with Crippen LogP contribution in [0, 0.1) is 5.92 Å². The predicted molar refractivity (Wildman–Crippen MR) is 68.1 cm³/mol. The number of pyridine rings is 1. The van der Waals surface area contributed by atoms with Gasteiger partial charge in [0.15, 0.2) is 5.03 Å². The molecule has 0 radical (unpaired) electrons. The van der Waals surface area contributed by atoms with E-state index >= 15 is 0 Å². The number of nitrogens with zero attached hydrogens (tertiary/aromatic N) is 1. The molecule has 0 bridgehead atoms. The van der Waals surface area contributed by atoms with Crippen molar-refractivity contribution < 1.29 is 17.9 Å². The molecule has 0 aromatic carbocycles. The molecule has 6 nitrogen and oxygen atoms in total. The van der Waals surface area contributed by atoms with Crippen LogP contribution in [0.5, 0.6) is 0 Å². The molecule has 2 atom stereocenters. The van der Waals surface area contributed by atoms with Gasteiger partial charge in [0.05, 0.1) is 17.0 Å². The van der Waals surface area contributed by atoms with Crippen molar-refractivity contribution in [3.05, 3.63) is 23.4 Å².